The first-order valence-corrected chi connectivity index (χ1v) is 13.7. The van der Waals surface area contributed by atoms with Gasteiger partial charge in [0, 0.05) is 0 Å². The van der Waals surface area contributed by atoms with Gasteiger partial charge < -0.3 is 9.47 Å². The van der Waals surface area contributed by atoms with Crippen LogP contribution in [0.15, 0.2) is 94.7 Å². The first-order valence-electron chi connectivity index (χ1n) is 12.2. The Morgan fingerprint density at radius 1 is 0.639 bits per heavy atom. The van der Waals surface area contributed by atoms with Crippen LogP contribution in [0.2, 0.25) is 0 Å². The second kappa shape index (κ2) is 9.62. The lowest BCUT2D eigenvalue weighted by Gasteiger charge is -2.23. The van der Waals surface area contributed by atoms with Crippen molar-refractivity contribution in [2.75, 3.05) is 0 Å². The quantitative estimate of drug-likeness (QED) is 0.255. The molecule has 0 N–H and O–H groups in total. The molecular formula is C31H34O4S. The highest BCUT2D eigenvalue weighted by atomic mass is 32.2. The van der Waals surface area contributed by atoms with Gasteiger partial charge in [0.25, 0.3) is 0 Å². The SMILES string of the molecule is CCC(C)(C)c1ccc(S(=O)(=O)c2ccc(Oc3ccc4ccc(OC(C)(C)C)cc4c3)cc2)cc1. The van der Waals surface area contributed by atoms with Gasteiger partial charge in [-0.3, -0.25) is 0 Å². The van der Waals surface area contributed by atoms with Crippen LogP contribution in [0.1, 0.15) is 53.5 Å². The Labute approximate surface area is 214 Å². The zero-order valence-corrected chi connectivity index (χ0v) is 22.6. The molecule has 0 aromatic heterocycles. The Bertz CT molecular complexity index is 1460. The average molecular weight is 503 g/mol. The van der Waals surface area contributed by atoms with Crippen molar-refractivity contribution in [3.8, 4) is 17.2 Å². The first-order chi connectivity index (χ1) is 16.9. The number of benzene rings is 4. The second-order valence-electron chi connectivity index (χ2n) is 10.7. The molecule has 5 heteroatoms. The lowest BCUT2D eigenvalue weighted by atomic mass is 9.82. The number of rotatable bonds is 7. The summed E-state index contributed by atoms with van der Waals surface area (Å²) in [4.78, 5) is 0.523. The van der Waals surface area contributed by atoms with E-state index in [1.807, 2.05) is 69.3 Å². The number of fused-ring (bicyclic) bond motifs is 1. The predicted molar refractivity (Wildman–Crippen MR) is 146 cm³/mol. The Morgan fingerprint density at radius 2 is 1.14 bits per heavy atom. The van der Waals surface area contributed by atoms with E-state index in [4.69, 9.17) is 9.47 Å². The van der Waals surface area contributed by atoms with Gasteiger partial charge in [-0.2, -0.15) is 0 Å². The molecular weight excluding hydrogens is 468 g/mol. The molecule has 0 aliphatic carbocycles. The van der Waals surface area contributed by atoms with Crippen LogP contribution in [0.3, 0.4) is 0 Å². The molecule has 4 rings (SSSR count). The highest BCUT2D eigenvalue weighted by Gasteiger charge is 2.21. The van der Waals surface area contributed by atoms with Gasteiger partial charge in [0.05, 0.1) is 9.79 Å². The summed E-state index contributed by atoms with van der Waals surface area (Å²) in [5.74, 6) is 2.03. The Kier molecular flexibility index (Phi) is 6.89. The zero-order valence-electron chi connectivity index (χ0n) is 21.8. The lowest BCUT2D eigenvalue weighted by Crippen LogP contribution is -2.22. The third kappa shape index (κ3) is 5.73. The number of ether oxygens (including phenoxy) is 2. The van der Waals surface area contributed by atoms with Gasteiger partial charge in [0.1, 0.15) is 22.8 Å². The zero-order chi connectivity index (χ0) is 26.1. The smallest absolute Gasteiger partial charge is 0.206 e. The van der Waals surface area contributed by atoms with Crippen molar-refractivity contribution in [1.29, 1.82) is 0 Å². The molecule has 0 heterocycles. The van der Waals surface area contributed by atoms with Crippen molar-refractivity contribution < 1.29 is 17.9 Å². The van der Waals surface area contributed by atoms with Gasteiger partial charge in [0.15, 0.2) is 0 Å². The molecule has 0 saturated carbocycles. The van der Waals surface area contributed by atoms with E-state index in [2.05, 4.69) is 20.8 Å². The summed E-state index contributed by atoms with van der Waals surface area (Å²) in [6.45, 7) is 12.5. The normalized spacial score (nSPS) is 12.5. The van der Waals surface area contributed by atoms with Crippen LogP contribution in [0, 0.1) is 0 Å². The standard InChI is InChI=1S/C31H34O4S/c1-7-31(5,6)24-10-16-28(17-11-24)36(32,33)29-18-14-25(15-19-29)34-26-12-8-22-9-13-27(21-23(22)20-26)35-30(2,3)4/h8-21H,7H2,1-6H3. The van der Waals surface area contributed by atoms with Crippen LogP contribution >= 0.6 is 0 Å². The van der Waals surface area contributed by atoms with E-state index >= 15 is 0 Å². The largest absolute Gasteiger partial charge is 0.488 e. The Morgan fingerprint density at radius 3 is 1.69 bits per heavy atom. The molecule has 0 amide bonds. The van der Waals surface area contributed by atoms with Crippen molar-refractivity contribution in [2.45, 2.75) is 68.8 Å². The van der Waals surface area contributed by atoms with E-state index in [0.29, 0.717) is 11.5 Å². The van der Waals surface area contributed by atoms with E-state index in [9.17, 15) is 8.42 Å². The Hall–Kier alpha value is -3.31. The van der Waals surface area contributed by atoms with Gasteiger partial charge in [-0.05, 0) is 110 Å². The van der Waals surface area contributed by atoms with Crippen LogP contribution in [-0.4, -0.2) is 14.0 Å². The van der Waals surface area contributed by atoms with Gasteiger partial charge in [-0.1, -0.05) is 45.0 Å². The summed E-state index contributed by atoms with van der Waals surface area (Å²) in [6.07, 6.45) is 0.976. The molecule has 0 unspecified atom stereocenters. The Balaban J connectivity index is 1.53. The number of hydrogen-bond acceptors (Lipinski definition) is 4. The fourth-order valence-electron chi connectivity index (χ4n) is 3.93. The van der Waals surface area contributed by atoms with E-state index in [0.717, 1.165) is 28.5 Å². The summed E-state index contributed by atoms with van der Waals surface area (Å²) in [7, 11) is -3.62. The van der Waals surface area contributed by atoms with Gasteiger partial charge in [-0.25, -0.2) is 8.42 Å². The molecule has 0 aliphatic heterocycles. The molecule has 0 fully saturated rings. The molecule has 4 aromatic rings. The van der Waals surface area contributed by atoms with Crippen LogP contribution in [-0.2, 0) is 15.3 Å². The van der Waals surface area contributed by atoms with Crippen molar-refractivity contribution in [1.82, 2.24) is 0 Å². The molecule has 4 aromatic carbocycles. The topological polar surface area (TPSA) is 52.6 Å². The minimum absolute atomic E-state index is 0.00518. The minimum atomic E-state index is -3.62. The monoisotopic (exact) mass is 502 g/mol. The highest BCUT2D eigenvalue weighted by Crippen LogP contribution is 2.32. The fourth-order valence-corrected chi connectivity index (χ4v) is 5.19. The molecule has 0 aliphatic rings. The number of sulfone groups is 1. The molecule has 0 atom stereocenters. The van der Waals surface area contributed by atoms with E-state index in [1.54, 1.807) is 36.4 Å². The molecule has 0 saturated heterocycles. The third-order valence-corrected chi connectivity index (χ3v) is 8.19. The second-order valence-corrected chi connectivity index (χ2v) is 12.7. The molecule has 36 heavy (non-hydrogen) atoms. The summed E-state index contributed by atoms with van der Waals surface area (Å²) >= 11 is 0. The fraction of sp³-hybridized carbons (Fsp3) is 0.290. The van der Waals surface area contributed by atoms with Crippen molar-refractivity contribution in [3.63, 3.8) is 0 Å². The van der Waals surface area contributed by atoms with E-state index < -0.39 is 9.84 Å². The minimum Gasteiger partial charge on any atom is -0.488 e. The maximum Gasteiger partial charge on any atom is 0.206 e. The van der Waals surface area contributed by atoms with Crippen molar-refractivity contribution >= 4 is 20.6 Å². The van der Waals surface area contributed by atoms with Crippen LogP contribution in [0.4, 0.5) is 0 Å². The summed E-state index contributed by atoms with van der Waals surface area (Å²) in [6, 6.07) is 25.6. The van der Waals surface area contributed by atoms with Gasteiger partial charge >= 0.3 is 0 Å². The lowest BCUT2D eigenvalue weighted by molar-refractivity contribution is 0.131. The molecule has 0 bridgehead atoms. The first kappa shape index (κ1) is 25.8. The maximum atomic E-state index is 13.2. The maximum absolute atomic E-state index is 13.2. The predicted octanol–water partition coefficient (Wildman–Crippen LogP) is 8.33. The van der Waals surface area contributed by atoms with Crippen molar-refractivity contribution in [3.05, 3.63) is 90.5 Å². The molecule has 4 nitrogen and oxygen atoms in total. The van der Waals surface area contributed by atoms with E-state index in [-0.39, 0.29) is 20.8 Å². The van der Waals surface area contributed by atoms with Crippen LogP contribution < -0.4 is 9.47 Å². The van der Waals surface area contributed by atoms with Crippen LogP contribution in [0.5, 0.6) is 17.2 Å². The highest BCUT2D eigenvalue weighted by molar-refractivity contribution is 7.91. The van der Waals surface area contributed by atoms with Gasteiger partial charge in [0.2, 0.25) is 9.84 Å². The summed E-state index contributed by atoms with van der Waals surface area (Å²) < 4.78 is 38.3. The molecule has 188 valence electrons. The van der Waals surface area contributed by atoms with Crippen molar-refractivity contribution in [2.24, 2.45) is 0 Å². The van der Waals surface area contributed by atoms with Gasteiger partial charge in [-0.15, -0.1) is 0 Å². The summed E-state index contributed by atoms with van der Waals surface area (Å²) in [5, 5.41) is 2.08. The number of hydrogen-bond donors (Lipinski definition) is 0. The summed E-state index contributed by atoms with van der Waals surface area (Å²) in [5.41, 5.74) is 0.851. The molecule has 0 radical (unpaired) electrons. The van der Waals surface area contributed by atoms with E-state index in [1.165, 1.54) is 0 Å². The average Bonchev–Trinajstić information content (AvgIpc) is 2.83. The third-order valence-electron chi connectivity index (χ3n) is 6.41. The molecule has 0 spiro atoms. The van der Waals surface area contributed by atoms with Crippen LogP contribution in [0.25, 0.3) is 10.8 Å².